The fourth-order valence-electron chi connectivity index (χ4n) is 1.46. The van der Waals surface area contributed by atoms with Crippen LogP contribution in [0.4, 0.5) is 26.3 Å². The SMILES string of the molecule is OCC(NCC(F)(F)F)c1cccc(OC(F)(F)F)c1. The first-order valence-corrected chi connectivity index (χ1v) is 5.37. The molecule has 1 aromatic rings. The van der Waals surface area contributed by atoms with Gasteiger partial charge in [-0.05, 0) is 17.7 Å². The van der Waals surface area contributed by atoms with Gasteiger partial charge in [0.15, 0.2) is 0 Å². The van der Waals surface area contributed by atoms with Gasteiger partial charge in [0, 0.05) is 0 Å². The summed E-state index contributed by atoms with van der Waals surface area (Å²) in [6.07, 6.45) is -9.39. The van der Waals surface area contributed by atoms with Gasteiger partial charge in [0.05, 0.1) is 19.2 Å². The highest BCUT2D eigenvalue weighted by Gasteiger charge is 2.31. The number of hydrogen-bond donors (Lipinski definition) is 2. The lowest BCUT2D eigenvalue weighted by molar-refractivity contribution is -0.274. The van der Waals surface area contributed by atoms with Crippen molar-refractivity contribution in [3.63, 3.8) is 0 Å². The maximum Gasteiger partial charge on any atom is 0.573 e. The van der Waals surface area contributed by atoms with Crippen molar-refractivity contribution in [3.05, 3.63) is 29.8 Å². The largest absolute Gasteiger partial charge is 0.573 e. The Morgan fingerprint density at radius 1 is 1.15 bits per heavy atom. The van der Waals surface area contributed by atoms with Gasteiger partial charge in [-0.15, -0.1) is 13.2 Å². The van der Waals surface area contributed by atoms with Gasteiger partial charge in [0.25, 0.3) is 0 Å². The molecular formula is C11H11F6NO2. The lowest BCUT2D eigenvalue weighted by atomic mass is 10.1. The van der Waals surface area contributed by atoms with E-state index in [1.807, 2.05) is 5.32 Å². The second kappa shape index (κ2) is 6.31. The van der Waals surface area contributed by atoms with Crippen molar-refractivity contribution in [2.45, 2.75) is 18.6 Å². The molecule has 0 saturated carbocycles. The molecule has 0 spiro atoms. The molecule has 0 fully saturated rings. The van der Waals surface area contributed by atoms with E-state index in [0.29, 0.717) is 0 Å². The van der Waals surface area contributed by atoms with E-state index in [0.717, 1.165) is 12.1 Å². The molecule has 0 heterocycles. The number of alkyl halides is 6. The van der Waals surface area contributed by atoms with E-state index in [1.165, 1.54) is 12.1 Å². The summed E-state index contributed by atoms with van der Waals surface area (Å²) in [6, 6.07) is 3.25. The van der Waals surface area contributed by atoms with Crippen molar-refractivity contribution in [3.8, 4) is 5.75 Å². The Morgan fingerprint density at radius 2 is 1.80 bits per heavy atom. The molecule has 0 saturated heterocycles. The highest BCUT2D eigenvalue weighted by molar-refractivity contribution is 5.30. The summed E-state index contributed by atoms with van der Waals surface area (Å²) >= 11 is 0. The van der Waals surface area contributed by atoms with Gasteiger partial charge in [-0.1, -0.05) is 12.1 Å². The number of rotatable bonds is 5. The Balaban J connectivity index is 2.80. The number of aliphatic hydroxyl groups excluding tert-OH is 1. The summed E-state index contributed by atoms with van der Waals surface area (Å²) in [5.74, 6) is -0.567. The summed E-state index contributed by atoms with van der Waals surface area (Å²) in [5, 5.41) is 11.0. The molecule has 0 radical (unpaired) electrons. The number of nitrogens with one attached hydrogen (secondary N) is 1. The van der Waals surface area contributed by atoms with Crippen molar-refractivity contribution in [1.82, 2.24) is 5.32 Å². The third kappa shape index (κ3) is 6.11. The molecule has 9 heteroatoms. The summed E-state index contributed by atoms with van der Waals surface area (Å²) in [4.78, 5) is 0. The van der Waals surface area contributed by atoms with Gasteiger partial charge >= 0.3 is 12.5 Å². The van der Waals surface area contributed by atoms with Crippen molar-refractivity contribution in [2.75, 3.05) is 13.2 Å². The molecule has 0 aliphatic heterocycles. The Kier molecular flexibility index (Phi) is 5.23. The Hall–Kier alpha value is -1.48. The Labute approximate surface area is 110 Å². The number of aliphatic hydroxyl groups is 1. The second-order valence-electron chi connectivity index (χ2n) is 3.85. The van der Waals surface area contributed by atoms with Crippen LogP contribution in [0, 0.1) is 0 Å². The highest BCUT2D eigenvalue weighted by Crippen LogP contribution is 2.26. The average Bonchev–Trinajstić information content (AvgIpc) is 2.26. The van der Waals surface area contributed by atoms with E-state index in [1.54, 1.807) is 0 Å². The summed E-state index contributed by atoms with van der Waals surface area (Å²) in [5.41, 5.74) is 0.0542. The zero-order valence-corrected chi connectivity index (χ0v) is 9.92. The molecule has 3 nitrogen and oxygen atoms in total. The van der Waals surface area contributed by atoms with Crippen molar-refractivity contribution < 1.29 is 36.2 Å². The molecule has 0 amide bonds. The van der Waals surface area contributed by atoms with E-state index in [4.69, 9.17) is 5.11 Å². The van der Waals surface area contributed by atoms with Gasteiger partial charge in [-0.2, -0.15) is 13.2 Å². The zero-order chi connectivity index (χ0) is 15.4. The van der Waals surface area contributed by atoms with Crippen LogP contribution in [-0.2, 0) is 0 Å². The lowest BCUT2D eigenvalue weighted by Crippen LogP contribution is -2.33. The molecule has 1 atom stereocenters. The predicted octanol–water partition coefficient (Wildman–Crippen LogP) is 2.77. The van der Waals surface area contributed by atoms with Crippen LogP contribution in [0.1, 0.15) is 11.6 Å². The number of hydrogen-bond acceptors (Lipinski definition) is 3. The van der Waals surface area contributed by atoms with Crippen LogP contribution in [0.25, 0.3) is 0 Å². The zero-order valence-electron chi connectivity index (χ0n) is 9.92. The standard InChI is InChI=1S/C11H11F6NO2/c12-10(13,14)6-18-9(5-19)7-2-1-3-8(4-7)20-11(15,16)17/h1-4,9,18-19H,5-6H2. The van der Waals surface area contributed by atoms with E-state index < -0.39 is 37.5 Å². The quantitative estimate of drug-likeness (QED) is 0.822. The highest BCUT2D eigenvalue weighted by atomic mass is 19.4. The third-order valence-electron chi connectivity index (χ3n) is 2.23. The van der Waals surface area contributed by atoms with Gasteiger partial charge in [-0.25, -0.2) is 0 Å². The van der Waals surface area contributed by atoms with Crippen LogP contribution in [0.2, 0.25) is 0 Å². The smallest absolute Gasteiger partial charge is 0.406 e. The molecule has 0 aliphatic rings. The number of halogens is 6. The first-order valence-electron chi connectivity index (χ1n) is 5.37. The summed E-state index contributed by atoms with van der Waals surface area (Å²) in [7, 11) is 0. The van der Waals surface area contributed by atoms with Crippen LogP contribution >= 0.6 is 0 Å². The van der Waals surface area contributed by atoms with E-state index >= 15 is 0 Å². The Morgan fingerprint density at radius 3 is 2.30 bits per heavy atom. The molecule has 2 N–H and O–H groups in total. The molecule has 114 valence electrons. The number of ether oxygens (including phenoxy) is 1. The van der Waals surface area contributed by atoms with Crippen molar-refractivity contribution >= 4 is 0 Å². The maximum atomic E-state index is 12.1. The average molecular weight is 303 g/mol. The van der Waals surface area contributed by atoms with Crippen molar-refractivity contribution in [1.29, 1.82) is 0 Å². The third-order valence-corrected chi connectivity index (χ3v) is 2.23. The van der Waals surface area contributed by atoms with Gasteiger partial charge in [-0.3, -0.25) is 5.32 Å². The van der Waals surface area contributed by atoms with Crippen LogP contribution in [-0.4, -0.2) is 30.8 Å². The van der Waals surface area contributed by atoms with Crippen LogP contribution in [0.5, 0.6) is 5.75 Å². The van der Waals surface area contributed by atoms with Crippen LogP contribution in [0.3, 0.4) is 0 Å². The van der Waals surface area contributed by atoms with E-state index in [2.05, 4.69) is 4.74 Å². The minimum atomic E-state index is -4.90. The minimum Gasteiger partial charge on any atom is -0.406 e. The van der Waals surface area contributed by atoms with E-state index in [-0.39, 0.29) is 5.56 Å². The lowest BCUT2D eigenvalue weighted by Gasteiger charge is -2.19. The molecule has 1 aromatic carbocycles. The molecule has 1 unspecified atom stereocenters. The molecular weight excluding hydrogens is 292 g/mol. The van der Waals surface area contributed by atoms with Crippen LogP contribution < -0.4 is 10.1 Å². The second-order valence-corrected chi connectivity index (χ2v) is 3.85. The molecule has 1 rings (SSSR count). The minimum absolute atomic E-state index is 0.0542. The van der Waals surface area contributed by atoms with Gasteiger partial charge < -0.3 is 9.84 Å². The topological polar surface area (TPSA) is 41.5 Å². The number of benzene rings is 1. The predicted molar refractivity (Wildman–Crippen MR) is 57.0 cm³/mol. The Bertz CT molecular complexity index is 432. The maximum absolute atomic E-state index is 12.1. The first-order chi connectivity index (χ1) is 9.11. The molecule has 0 bridgehead atoms. The molecule has 20 heavy (non-hydrogen) atoms. The monoisotopic (exact) mass is 303 g/mol. The van der Waals surface area contributed by atoms with E-state index in [9.17, 15) is 26.3 Å². The fourth-order valence-corrected chi connectivity index (χ4v) is 1.46. The van der Waals surface area contributed by atoms with Crippen molar-refractivity contribution in [2.24, 2.45) is 0 Å². The van der Waals surface area contributed by atoms with Gasteiger partial charge in [0.2, 0.25) is 0 Å². The molecule has 0 aromatic heterocycles. The van der Waals surface area contributed by atoms with Crippen LogP contribution in [0.15, 0.2) is 24.3 Å². The first kappa shape index (κ1) is 16.6. The fraction of sp³-hybridized carbons (Fsp3) is 0.455. The normalized spacial score (nSPS) is 14.2. The van der Waals surface area contributed by atoms with Gasteiger partial charge in [0.1, 0.15) is 5.75 Å². The molecule has 0 aliphatic carbocycles. The summed E-state index contributed by atoms with van der Waals surface area (Å²) < 4.78 is 75.9. The summed E-state index contributed by atoms with van der Waals surface area (Å²) in [6.45, 7) is -2.08.